The van der Waals surface area contributed by atoms with Gasteiger partial charge in [-0.05, 0) is 79.6 Å². The number of aryl methyl sites for hydroxylation is 1. The van der Waals surface area contributed by atoms with Crippen molar-refractivity contribution in [3.8, 4) is 0 Å². The molecule has 5 rings (SSSR count). The zero-order valence-electron chi connectivity index (χ0n) is 19.7. The first-order chi connectivity index (χ1) is 17.1. The predicted octanol–water partition coefficient (Wildman–Crippen LogP) is 5.55. The van der Waals surface area contributed by atoms with Crippen molar-refractivity contribution in [3.63, 3.8) is 0 Å². The fourth-order valence-electron chi connectivity index (χ4n) is 5.22. The van der Waals surface area contributed by atoms with Crippen LogP contribution in [0.25, 0.3) is 0 Å². The van der Waals surface area contributed by atoms with E-state index in [2.05, 4.69) is 33.7 Å². The molecule has 0 radical (unpaired) electrons. The molecule has 3 aromatic rings. The van der Waals surface area contributed by atoms with Crippen LogP contribution in [0.15, 0.2) is 72.8 Å². The summed E-state index contributed by atoms with van der Waals surface area (Å²) in [5, 5.41) is 7.05. The van der Waals surface area contributed by atoms with E-state index >= 15 is 0 Å². The SMILES string of the molecule is O=C(NC1CCN(c2ccccc2C(=O)NC2CCCc3ccccc32)CC1)c1ccc(Cl)cc1. The molecule has 1 heterocycles. The number of halogens is 1. The first-order valence-electron chi connectivity index (χ1n) is 12.4. The Morgan fingerprint density at radius 3 is 2.31 bits per heavy atom. The Labute approximate surface area is 211 Å². The second-order valence-electron chi connectivity index (χ2n) is 9.38. The molecule has 35 heavy (non-hydrogen) atoms. The summed E-state index contributed by atoms with van der Waals surface area (Å²) < 4.78 is 0. The zero-order valence-corrected chi connectivity index (χ0v) is 20.4. The number of rotatable bonds is 5. The molecule has 1 atom stereocenters. The average Bonchev–Trinajstić information content (AvgIpc) is 2.90. The summed E-state index contributed by atoms with van der Waals surface area (Å²) in [6.07, 6.45) is 4.77. The maximum Gasteiger partial charge on any atom is 0.253 e. The Morgan fingerprint density at radius 2 is 1.51 bits per heavy atom. The van der Waals surface area contributed by atoms with Gasteiger partial charge in [-0.1, -0.05) is 48.0 Å². The quantitative estimate of drug-likeness (QED) is 0.496. The molecule has 1 aliphatic carbocycles. The van der Waals surface area contributed by atoms with E-state index in [0.29, 0.717) is 16.1 Å². The molecule has 6 heteroatoms. The summed E-state index contributed by atoms with van der Waals surface area (Å²) in [7, 11) is 0. The molecular weight excluding hydrogens is 458 g/mol. The first-order valence-corrected chi connectivity index (χ1v) is 12.8. The molecule has 2 amide bonds. The van der Waals surface area contributed by atoms with Gasteiger partial charge in [-0.25, -0.2) is 0 Å². The molecule has 180 valence electrons. The number of nitrogens with zero attached hydrogens (tertiary/aromatic N) is 1. The highest BCUT2D eigenvalue weighted by Crippen LogP contribution is 2.31. The normalized spacial score (nSPS) is 18.0. The van der Waals surface area contributed by atoms with Crippen LogP contribution in [0.4, 0.5) is 5.69 Å². The van der Waals surface area contributed by atoms with Gasteiger partial charge in [-0.15, -0.1) is 0 Å². The van der Waals surface area contributed by atoms with Crippen molar-refractivity contribution in [1.29, 1.82) is 0 Å². The number of hydrogen-bond acceptors (Lipinski definition) is 3. The van der Waals surface area contributed by atoms with Gasteiger partial charge in [0.05, 0.1) is 11.6 Å². The van der Waals surface area contributed by atoms with Crippen molar-refractivity contribution in [1.82, 2.24) is 10.6 Å². The fourth-order valence-corrected chi connectivity index (χ4v) is 5.34. The first kappa shape index (κ1) is 23.4. The van der Waals surface area contributed by atoms with Crippen LogP contribution in [0.5, 0.6) is 0 Å². The van der Waals surface area contributed by atoms with Crippen molar-refractivity contribution in [2.75, 3.05) is 18.0 Å². The molecule has 1 saturated heterocycles. The van der Waals surface area contributed by atoms with E-state index in [1.54, 1.807) is 24.3 Å². The Morgan fingerprint density at radius 1 is 0.800 bits per heavy atom. The van der Waals surface area contributed by atoms with Crippen LogP contribution in [0.1, 0.15) is 63.6 Å². The third-order valence-electron chi connectivity index (χ3n) is 7.10. The van der Waals surface area contributed by atoms with Crippen LogP contribution in [0, 0.1) is 0 Å². The molecule has 2 aliphatic rings. The third-order valence-corrected chi connectivity index (χ3v) is 7.35. The Hall–Kier alpha value is -3.31. The number of carbonyl (C=O) groups is 2. The number of hydrogen-bond donors (Lipinski definition) is 2. The number of benzene rings is 3. The summed E-state index contributed by atoms with van der Waals surface area (Å²) in [4.78, 5) is 28.2. The molecule has 0 spiro atoms. The van der Waals surface area contributed by atoms with Gasteiger partial charge in [-0.2, -0.15) is 0 Å². The standard InChI is InChI=1S/C29H30ClN3O2/c30-22-14-12-21(13-15-22)28(34)31-23-16-18-33(19-17-23)27-11-4-3-9-25(27)29(35)32-26-10-5-7-20-6-1-2-8-24(20)26/h1-4,6,8-9,11-15,23,26H,5,7,10,16-19H2,(H,31,34)(H,32,35). The number of nitrogens with one attached hydrogen (secondary N) is 2. The Kier molecular flexibility index (Phi) is 7.05. The van der Waals surface area contributed by atoms with Gasteiger partial charge in [0.2, 0.25) is 0 Å². The van der Waals surface area contributed by atoms with E-state index in [1.165, 1.54) is 11.1 Å². The molecule has 0 bridgehead atoms. The van der Waals surface area contributed by atoms with Gasteiger partial charge in [0, 0.05) is 35.4 Å². The molecule has 1 fully saturated rings. The lowest BCUT2D eigenvalue weighted by atomic mass is 9.87. The van der Waals surface area contributed by atoms with Gasteiger partial charge in [0.1, 0.15) is 0 Å². The van der Waals surface area contributed by atoms with Crippen molar-refractivity contribution in [2.24, 2.45) is 0 Å². The molecule has 5 nitrogen and oxygen atoms in total. The summed E-state index contributed by atoms with van der Waals surface area (Å²) in [6, 6.07) is 23.4. The molecule has 1 unspecified atom stereocenters. The minimum atomic E-state index is -0.0762. The lowest BCUT2D eigenvalue weighted by Crippen LogP contribution is -2.45. The van der Waals surface area contributed by atoms with Crippen LogP contribution in [0.2, 0.25) is 5.02 Å². The van der Waals surface area contributed by atoms with Crippen molar-refractivity contribution in [3.05, 3.63) is 100 Å². The van der Waals surface area contributed by atoms with Crippen molar-refractivity contribution in [2.45, 2.75) is 44.2 Å². The second-order valence-corrected chi connectivity index (χ2v) is 9.81. The summed E-state index contributed by atoms with van der Waals surface area (Å²) in [6.45, 7) is 1.56. The van der Waals surface area contributed by atoms with E-state index in [-0.39, 0.29) is 23.9 Å². The lowest BCUT2D eigenvalue weighted by Gasteiger charge is -2.35. The molecule has 2 N–H and O–H groups in total. The summed E-state index contributed by atoms with van der Waals surface area (Å²) >= 11 is 5.93. The van der Waals surface area contributed by atoms with Crippen LogP contribution in [0.3, 0.4) is 0 Å². The number of amides is 2. The Balaban J connectivity index is 1.22. The number of piperidine rings is 1. The maximum atomic E-state index is 13.4. The number of anilines is 1. The van der Waals surface area contributed by atoms with Crippen LogP contribution in [-0.4, -0.2) is 30.9 Å². The monoisotopic (exact) mass is 487 g/mol. The molecule has 0 saturated carbocycles. The molecule has 3 aromatic carbocycles. The van der Waals surface area contributed by atoms with Gasteiger partial charge >= 0.3 is 0 Å². The van der Waals surface area contributed by atoms with E-state index in [9.17, 15) is 9.59 Å². The third kappa shape index (κ3) is 5.35. The highest BCUT2D eigenvalue weighted by atomic mass is 35.5. The fraction of sp³-hybridized carbons (Fsp3) is 0.310. The van der Waals surface area contributed by atoms with Crippen LogP contribution >= 0.6 is 11.6 Å². The number of carbonyl (C=O) groups excluding carboxylic acids is 2. The van der Waals surface area contributed by atoms with Crippen LogP contribution < -0.4 is 15.5 Å². The molecule has 0 aromatic heterocycles. The zero-order chi connectivity index (χ0) is 24.2. The van der Waals surface area contributed by atoms with Crippen molar-refractivity contribution < 1.29 is 9.59 Å². The van der Waals surface area contributed by atoms with Gasteiger partial charge < -0.3 is 15.5 Å². The van der Waals surface area contributed by atoms with Crippen molar-refractivity contribution >= 4 is 29.1 Å². The Bertz CT molecular complexity index is 1200. The van der Waals surface area contributed by atoms with Gasteiger partial charge in [0.15, 0.2) is 0 Å². The molecular formula is C29H30ClN3O2. The maximum absolute atomic E-state index is 13.4. The second kappa shape index (κ2) is 10.5. The summed E-state index contributed by atoms with van der Waals surface area (Å²) in [5.41, 5.74) is 4.85. The minimum Gasteiger partial charge on any atom is -0.371 e. The van der Waals surface area contributed by atoms with E-state index in [1.807, 2.05) is 30.3 Å². The smallest absolute Gasteiger partial charge is 0.253 e. The van der Waals surface area contributed by atoms with Gasteiger partial charge in [0.25, 0.3) is 11.8 Å². The minimum absolute atomic E-state index is 0.0273. The van der Waals surface area contributed by atoms with E-state index in [4.69, 9.17) is 11.6 Å². The molecule has 1 aliphatic heterocycles. The van der Waals surface area contributed by atoms with Gasteiger partial charge in [-0.3, -0.25) is 9.59 Å². The highest BCUT2D eigenvalue weighted by Gasteiger charge is 2.26. The van der Waals surface area contributed by atoms with Crippen LogP contribution in [-0.2, 0) is 6.42 Å². The van der Waals surface area contributed by atoms with E-state index in [0.717, 1.165) is 50.9 Å². The highest BCUT2D eigenvalue weighted by molar-refractivity contribution is 6.30. The average molecular weight is 488 g/mol. The summed E-state index contributed by atoms with van der Waals surface area (Å²) in [5.74, 6) is -0.104. The largest absolute Gasteiger partial charge is 0.371 e. The lowest BCUT2D eigenvalue weighted by molar-refractivity contribution is 0.0926. The number of para-hydroxylation sites is 1. The van der Waals surface area contributed by atoms with E-state index < -0.39 is 0 Å². The predicted molar refractivity (Wildman–Crippen MR) is 140 cm³/mol. The topological polar surface area (TPSA) is 61.4 Å². The number of fused-ring (bicyclic) bond motifs is 1.